The molecule has 2 rings (SSSR count). The fourth-order valence-corrected chi connectivity index (χ4v) is 2.33. The molecular formula is C10H14N4O4S. The smallest absolute Gasteiger partial charge is 0.358 e. The molecule has 19 heavy (non-hydrogen) atoms. The van der Waals surface area contributed by atoms with E-state index in [1.165, 1.54) is 10.9 Å². The first-order valence-corrected chi connectivity index (χ1v) is 7.31. The summed E-state index contributed by atoms with van der Waals surface area (Å²) in [4.78, 5) is 22.0. The Kier molecular flexibility index (Phi) is 4.25. The van der Waals surface area contributed by atoms with E-state index in [1.807, 2.05) is 0 Å². The van der Waals surface area contributed by atoms with Crippen molar-refractivity contribution >= 4 is 22.7 Å². The Balaban J connectivity index is 1.72. The van der Waals surface area contributed by atoms with Crippen LogP contribution in [0.15, 0.2) is 6.20 Å². The van der Waals surface area contributed by atoms with Gasteiger partial charge in [0, 0.05) is 22.6 Å². The number of carbonyl (C=O) groups is 2. The molecule has 1 aromatic rings. The van der Waals surface area contributed by atoms with E-state index in [0.717, 1.165) is 12.8 Å². The highest BCUT2D eigenvalue weighted by Gasteiger charge is 2.23. The molecule has 1 aliphatic carbocycles. The highest BCUT2D eigenvalue weighted by molar-refractivity contribution is 7.85. The molecule has 104 valence electrons. The van der Waals surface area contributed by atoms with Gasteiger partial charge in [0.1, 0.15) is 5.75 Å². The molecule has 0 aromatic carbocycles. The van der Waals surface area contributed by atoms with Gasteiger partial charge in [-0.15, -0.1) is 5.10 Å². The molecule has 1 unspecified atom stereocenters. The van der Waals surface area contributed by atoms with E-state index in [2.05, 4.69) is 15.6 Å². The Hall–Kier alpha value is -1.77. The van der Waals surface area contributed by atoms with E-state index < -0.39 is 16.8 Å². The number of nitrogens with one attached hydrogen (secondary N) is 1. The monoisotopic (exact) mass is 286 g/mol. The van der Waals surface area contributed by atoms with Crippen molar-refractivity contribution in [2.45, 2.75) is 25.4 Å². The molecule has 1 fully saturated rings. The first-order chi connectivity index (χ1) is 9.04. The van der Waals surface area contributed by atoms with Crippen LogP contribution in [0.3, 0.4) is 0 Å². The van der Waals surface area contributed by atoms with Gasteiger partial charge < -0.3 is 10.4 Å². The molecule has 0 radical (unpaired) electrons. The van der Waals surface area contributed by atoms with Crippen LogP contribution in [0.4, 0.5) is 0 Å². The minimum absolute atomic E-state index is 0.0308. The molecule has 1 aliphatic rings. The van der Waals surface area contributed by atoms with Gasteiger partial charge in [-0.25, -0.2) is 4.79 Å². The normalized spacial score (nSPS) is 16.0. The quantitative estimate of drug-likeness (QED) is 0.664. The maximum atomic E-state index is 11.6. The van der Waals surface area contributed by atoms with Crippen LogP contribution in [-0.4, -0.2) is 53.7 Å². The lowest BCUT2D eigenvalue weighted by Gasteiger charge is -2.03. The molecule has 1 amide bonds. The van der Waals surface area contributed by atoms with Gasteiger partial charge >= 0.3 is 5.97 Å². The third-order valence-electron chi connectivity index (χ3n) is 2.54. The zero-order chi connectivity index (χ0) is 13.8. The number of amides is 1. The third kappa shape index (κ3) is 4.43. The van der Waals surface area contributed by atoms with Gasteiger partial charge in [0.2, 0.25) is 5.91 Å². The molecule has 8 nitrogen and oxygen atoms in total. The molecule has 1 saturated carbocycles. The largest absolute Gasteiger partial charge is 0.476 e. The average molecular weight is 286 g/mol. The number of nitrogens with zero attached hydrogens (tertiary/aromatic N) is 3. The number of aromatic nitrogens is 3. The van der Waals surface area contributed by atoms with Gasteiger partial charge in [-0.2, -0.15) is 0 Å². The molecule has 1 heterocycles. The van der Waals surface area contributed by atoms with E-state index in [0.29, 0.717) is 0 Å². The van der Waals surface area contributed by atoms with Gasteiger partial charge in [0.05, 0.1) is 12.7 Å². The number of carboxylic acids is 1. The van der Waals surface area contributed by atoms with Gasteiger partial charge in [0.25, 0.3) is 0 Å². The standard InChI is InChI=1S/C10H14N4O4S/c15-9(11-7-1-2-7)6-19(18)4-3-14-5-8(10(16)17)12-13-14/h5,7H,1-4,6H2,(H,11,15)(H,16,17). The second-order valence-electron chi connectivity index (χ2n) is 4.30. The number of hydrogen-bond acceptors (Lipinski definition) is 5. The van der Waals surface area contributed by atoms with Crippen molar-refractivity contribution in [3.63, 3.8) is 0 Å². The Labute approximate surface area is 111 Å². The number of carboxylic acid groups (broad SMARTS) is 1. The lowest BCUT2D eigenvalue weighted by molar-refractivity contribution is -0.118. The number of aryl methyl sites for hydroxylation is 1. The maximum Gasteiger partial charge on any atom is 0.358 e. The predicted octanol–water partition coefficient (Wildman–Crippen LogP) is -0.996. The maximum absolute atomic E-state index is 11.6. The summed E-state index contributed by atoms with van der Waals surface area (Å²) in [5, 5.41) is 18.4. The number of aromatic carboxylic acids is 1. The van der Waals surface area contributed by atoms with Crippen LogP contribution in [0.5, 0.6) is 0 Å². The molecule has 0 bridgehead atoms. The second kappa shape index (κ2) is 5.91. The van der Waals surface area contributed by atoms with Gasteiger partial charge in [-0.05, 0) is 12.8 Å². The first-order valence-electron chi connectivity index (χ1n) is 5.82. The van der Waals surface area contributed by atoms with E-state index in [9.17, 15) is 13.8 Å². The highest BCUT2D eigenvalue weighted by atomic mass is 32.2. The first kappa shape index (κ1) is 13.7. The molecule has 1 aromatic heterocycles. The van der Waals surface area contributed by atoms with Crippen molar-refractivity contribution in [2.24, 2.45) is 0 Å². The summed E-state index contributed by atoms with van der Waals surface area (Å²) >= 11 is 0. The number of rotatable bonds is 7. The van der Waals surface area contributed by atoms with Crippen LogP contribution in [0.25, 0.3) is 0 Å². The fraction of sp³-hybridized carbons (Fsp3) is 0.600. The van der Waals surface area contributed by atoms with E-state index >= 15 is 0 Å². The van der Waals surface area contributed by atoms with Crippen LogP contribution in [0.1, 0.15) is 23.3 Å². The summed E-state index contributed by atoms with van der Waals surface area (Å²) < 4.78 is 12.9. The topological polar surface area (TPSA) is 114 Å². The molecular weight excluding hydrogens is 272 g/mol. The Morgan fingerprint density at radius 3 is 2.84 bits per heavy atom. The highest BCUT2D eigenvalue weighted by Crippen LogP contribution is 2.18. The van der Waals surface area contributed by atoms with Gasteiger partial charge in [-0.1, -0.05) is 5.21 Å². The summed E-state index contributed by atoms with van der Waals surface area (Å²) in [5.74, 6) is -1.15. The van der Waals surface area contributed by atoms with Crippen LogP contribution >= 0.6 is 0 Å². The summed E-state index contributed by atoms with van der Waals surface area (Å²) in [6.07, 6.45) is 3.26. The van der Waals surface area contributed by atoms with Crippen LogP contribution in [-0.2, 0) is 22.1 Å². The molecule has 1 atom stereocenters. The lowest BCUT2D eigenvalue weighted by atomic mass is 10.5. The lowest BCUT2D eigenvalue weighted by Crippen LogP contribution is -2.31. The van der Waals surface area contributed by atoms with Gasteiger partial charge in [0.15, 0.2) is 5.69 Å². The van der Waals surface area contributed by atoms with Crippen molar-refractivity contribution in [1.82, 2.24) is 20.3 Å². The molecule has 0 aliphatic heterocycles. The Morgan fingerprint density at radius 1 is 1.53 bits per heavy atom. The predicted molar refractivity (Wildman–Crippen MR) is 66.0 cm³/mol. The van der Waals surface area contributed by atoms with Crippen LogP contribution < -0.4 is 5.32 Å². The summed E-state index contributed by atoms with van der Waals surface area (Å²) in [5.41, 5.74) is -0.155. The van der Waals surface area contributed by atoms with E-state index in [1.54, 1.807) is 0 Å². The fourth-order valence-electron chi connectivity index (χ4n) is 1.42. The van der Waals surface area contributed by atoms with E-state index in [4.69, 9.17) is 5.11 Å². The Morgan fingerprint density at radius 2 is 2.26 bits per heavy atom. The summed E-state index contributed by atoms with van der Waals surface area (Å²) in [6.45, 7) is 0.267. The van der Waals surface area contributed by atoms with Crippen molar-refractivity contribution in [1.29, 1.82) is 0 Å². The molecule has 0 spiro atoms. The number of hydrogen-bond donors (Lipinski definition) is 2. The van der Waals surface area contributed by atoms with Crippen molar-refractivity contribution in [3.05, 3.63) is 11.9 Å². The third-order valence-corrected chi connectivity index (χ3v) is 3.76. The molecule has 0 saturated heterocycles. The van der Waals surface area contributed by atoms with Crippen LogP contribution in [0.2, 0.25) is 0 Å². The second-order valence-corrected chi connectivity index (χ2v) is 5.88. The zero-order valence-electron chi connectivity index (χ0n) is 10.1. The number of carbonyl (C=O) groups excluding carboxylic acids is 1. The Bertz CT molecular complexity index is 511. The van der Waals surface area contributed by atoms with Gasteiger partial charge in [-0.3, -0.25) is 13.7 Å². The molecule has 2 N–H and O–H groups in total. The minimum atomic E-state index is -1.29. The van der Waals surface area contributed by atoms with E-state index in [-0.39, 0.29) is 35.7 Å². The average Bonchev–Trinajstić information content (AvgIpc) is 3.01. The molecule has 9 heteroatoms. The SMILES string of the molecule is O=C(CS(=O)CCn1cc(C(=O)O)nn1)NC1CC1. The van der Waals surface area contributed by atoms with Crippen LogP contribution in [0, 0.1) is 0 Å². The zero-order valence-corrected chi connectivity index (χ0v) is 10.9. The van der Waals surface area contributed by atoms with Crippen molar-refractivity contribution < 1.29 is 18.9 Å². The van der Waals surface area contributed by atoms with Crippen molar-refractivity contribution in [2.75, 3.05) is 11.5 Å². The van der Waals surface area contributed by atoms with Crippen molar-refractivity contribution in [3.8, 4) is 0 Å². The summed E-state index contributed by atoms with van der Waals surface area (Å²) in [7, 11) is -1.29. The summed E-state index contributed by atoms with van der Waals surface area (Å²) in [6, 6.07) is 0.262. The minimum Gasteiger partial charge on any atom is -0.476 e.